The summed E-state index contributed by atoms with van der Waals surface area (Å²) in [5.74, 6) is 0. The van der Waals surface area contributed by atoms with Crippen LogP contribution in [0.5, 0.6) is 0 Å². The maximum Gasteiger partial charge on any atom is 0.139 e. The van der Waals surface area contributed by atoms with E-state index in [1.165, 1.54) is 60.0 Å². The first kappa shape index (κ1) is 26.5. The lowest BCUT2D eigenvalue weighted by molar-refractivity contribution is 0.613. The normalized spacial score (nSPS) is 12.1. The summed E-state index contributed by atoms with van der Waals surface area (Å²) in [5.41, 5.74) is 10.9. The van der Waals surface area contributed by atoms with Crippen molar-refractivity contribution in [3.63, 3.8) is 0 Å². The van der Waals surface area contributed by atoms with Crippen molar-refractivity contribution in [2.45, 2.75) is 0 Å². The van der Waals surface area contributed by atoms with E-state index in [0.29, 0.717) is 0 Å². The summed E-state index contributed by atoms with van der Waals surface area (Å²) >= 11 is 0. The molecule has 0 unspecified atom stereocenters. The van der Waals surface area contributed by atoms with Crippen LogP contribution in [0.4, 0.5) is 0 Å². The highest BCUT2D eigenvalue weighted by Gasteiger charge is 2.22. The number of aromatic nitrogens is 1. The van der Waals surface area contributed by atoms with E-state index in [1.807, 2.05) is 12.1 Å². The lowest BCUT2D eigenvalue weighted by atomic mass is 9.85. The molecule has 11 aromatic rings. The molecule has 3 aromatic heterocycles. The van der Waals surface area contributed by atoms with Gasteiger partial charge in [0, 0.05) is 38.7 Å². The van der Waals surface area contributed by atoms with Crippen LogP contribution < -0.4 is 0 Å². The predicted octanol–water partition coefficient (Wildman–Crippen LogP) is 13.1. The molecule has 0 atom stereocenters. The maximum atomic E-state index is 6.47. The highest BCUT2D eigenvalue weighted by Crippen LogP contribution is 2.48. The molecule has 0 saturated carbocycles. The molecule has 8 aromatic carbocycles. The number of nitrogens with zero attached hydrogens (tertiary/aromatic N) is 1. The Kier molecular flexibility index (Phi) is 5.38. The zero-order valence-corrected chi connectivity index (χ0v) is 26.4. The monoisotopic (exact) mass is 625 g/mol. The third-order valence-corrected chi connectivity index (χ3v) is 10.2. The van der Waals surface area contributed by atoms with E-state index in [1.54, 1.807) is 6.26 Å². The second kappa shape index (κ2) is 9.96. The first-order valence-electron chi connectivity index (χ1n) is 16.7. The van der Waals surface area contributed by atoms with E-state index < -0.39 is 0 Å². The number of benzene rings is 8. The summed E-state index contributed by atoms with van der Waals surface area (Å²) in [5, 5.41) is 10.7. The fourth-order valence-electron chi connectivity index (χ4n) is 8.20. The molecule has 11 rings (SSSR count). The number of furan rings is 2. The molecule has 0 bridgehead atoms. The lowest BCUT2D eigenvalue weighted by Gasteiger charge is -2.18. The van der Waals surface area contributed by atoms with Gasteiger partial charge in [-0.05, 0) is 92.3 Å². The molecule has 0 amide bonds. The molecule has 0 fully saturated rings. The standard InChI is InChI=1S/C46H27NO2/c1-2-11-30(12-3-1)47-39-19-9-8-17-36(39)46-37(18-10-20-40(46)47)45-34-15-6-4-13-32(34)44(33-14-5-7-16-35(33)45)29-21-22-31-38-25-28-23-24-48-41(28)27-43(38)49-42(31)26-29/h1-27H. The van der Waals surface area contributed by atoms with E-state index in [0.717, 1.165) is 44.2 Å². The minimum Gasteiger partial charge on any atom is -0.464 e. The SMILES string of the molecule is c1ccc(-n2c3ccccc3c3c(-c4c5ccccc5c(-c5ccc6c(c5)oc5cc7occc7cc56)c5ccccc45)cccc32)cc1. The fraction of sp³-hybridized carbons (Fsp3) is 0. The molecular weight excluding hydrogens is 599 g/mol. The van der Waals surface area contributed by atoms with Crippen LogP contribution in [-0.2, 0) is 0 Å². The van der Waals surface area contributed by atoms with Crippen molar-refractivity contribution >= 4 is 76.3 Å². The van der Waals surface area contributed by atoms with Gasteiger partial charge in [0.1, 0.15) is 16.7 Å². The Labute approximate surface area is 280 Å². The van der Waals surface area contributed by atoms with Crippen LogP contribution >= 0.6 is 0 Å². The third kappa shape index (κ3) is 3.73. The largest absolute Gasteiger partial charge is 0.464 e. The van der Waals surface area contributed by atoms with Gasteiger partial charge < -0.3 is 13.4 Å². The van der Waals surface area contributed by atoms with E-state index in [-0.39, 0.29) is 0 Å². The van der Waals surface area contributed by atoms with Crippen LogP contribution in [0.1, 0.15) is 0 Å². The topological polar surface area (TPSA) is 31.2 Å². The number of hydrogen-bond donors (Lipinski definition) is 0. The highest BCUT2D eigenvalue weighted by molar-refractivity contribution is 6.26. The van der Waals surface area contributed by atoms with Gasteiger partial charge >= 0.3 is 0 Å². The van der Waals surface area contributed by atoms with Crippen molar-refractivity contribution in [2.75, 3.05) is 0 Å². The summed E-state index contributed by atoms with van der Waals surface area (Å²) < 4.78 is 14.5. The Morgan fingerprint density at radius 2 is 1.06 bits per heavy atom. The minimum absolute atomic E-state index is 0.835. The number of hydrogen-bond acceptors (Lipinski definition) is 2. The number of para-hydroxylation sites is 2. The first-order valence-corrected chi connectivity index (χ1v) is 16.7. The molecule has 0 aliphatic rings. The van der Waals surface area contributed by atoms with Gasteiger partial charge in [-0.25, -0.2) is 0 Å². The van der Waals surface area contributed by atoms with Gasteiger partial charge in [0.2, 0.25) is 0 Å². The fourth-order valence-corrected chi connectivity index (χ4v) is 8.20. The van der Waals surface area contributed by atoms with Gasteiger partial charge in [0.25, 0.3) is 0 Å². The summed E-state index contributed by atoms with van der Waals surface area (Å²) in [6.07, 6.45) is 1.73. The van der Waals surface area contributed by atoms with E-state index in [2.05, 4.69) is 150 Å². The van der Waals surface area contributed by atoms with Crippen molar-refractivity contribution in [1.82, 2.24) is 4.57 Å². The van der Waals surface area contributed by atoms with Crippen LogP contribution in [0.15, 0.2) is 173 Å². The van der Waals surface area contributed by atoms with Crippen molar-refractivity contribution in [2.24, 2.45) is 0 Å². The average Bonchev–Trinajstić information content (AvgIpc) is 3.86. The Bertz CT molecular complexity index is 3050. The van der Waals surface area contributed by atoms with Gasteiger partial charge in [-0.3, -0.25) is 0 Å². The zero-order valence-electron chi connectivity index (χ0n) is 26.4. The van der Waals surface area contributed by atoms with Crippen LogP contribution in [0, 0.1) is 0 Å². The Balaban J connectivity index is 1.22. The second-order valence-corrected chi connectivity index (χ2v) is 12.8. The maximum absolute atomic E-state index is 6.47. The first-order chi connectivity index (χ1) is 24.3. The summed E-state index contributed by atoms with van der Waals surface area (Å²) in [4.78, 5) is 0. The summed E-state index contributed by atoms with van der Waals surface area (Å²) in [6.45, 7) is 0. The molecule has 3 heterocycles. The van der Waals surface area contributed by atoms with E-state index >= 15 is 0 Å². The summed E-state index contributed by atoms with van der Waals surface area (Å²) in [7, 11) is 0. The number of rotatable bonds is 3. The average molecular weight is 626 g/mol. The van der Waals surface area contributed by atoms with Crippen molar-refractivity contribution in [1.29, 1.82) is 0 Å². The Morgan fingerprint density at radius 3 is 1.84 bits per heavy atom. The van der Waals surface area contributed by atoms with E-state index in [9.17, 15) is 0 Å². The van der Waals surface area contributed by atoms with Crippen molar-refractivity contribution < 1.29 is 8.83 Å². The van der Waals surface area contributed by atoms with Crippen LogP contribution in [0.25, 0.3) is 104 Å². The molecule has 228 valence electrons. The Hall–Kier alpha value is -6.58. The van der Waals surface area contributed by atoms with Gasteiger partial charge in [0.05, 0.1) is 17.3 Å². The molecule has 0 aliphatic heterocycles. The van der Waals surface area contributed by atoms with Crippen LogP contribution in [0.2, 0.25) is 0 Å². The van der Waals surface area contributed by atoms with E-state index in [4.69, 9.17) is 8.83 Å². The molecular formula is C46H27NO2. The smallest absolute Gasteiger partial charge is 0.139 e. The third-order valence-electron chi connectivity index (χ3n) is 10.2. The molecule has 49 heavy (non-hydrogen) atoms. The molecule has 3 nitrogen and oxygen atoms in total. The van der Waals surface area contributed by atoms with Crippen molar-refractivity contribution in [3.05, 3.63) is 164 Å². The molecule has 0 radical (unpaired) electrons. The summed E-state index contributed by atoms with van der Waals surface area (Å²) in [6, 6.07) is 56.8. The van der Waals surface area contributed by atoms with Gasteiger partial charge in [-0.15, -0.1) is 0 Å². The number of fused-ring (bicyclic) bond motifs is 9. The predicted molar refractivity (Wildman–Crippen MR) is 204 cm³/mol. The van der Waals surface area contributed by atoms with Gasteiger partial charge in [-0.2, -0.15) is 0 Å². The molecule has 0 saturated heterocycles. The molecule has 0 spiro atoms. The van der Waals surface area contributed by atoms with Gasteiger partial charge in [-0.1, -0.05) is 103 Å². The Morgan fingerprint density at radius 1 is 0.408 bits per heavy atom. The lowest BCUT2D eigenvalue weighted by Crippen LogP contribution is -1.93. The molecule has 3 heteroatoms. The molecule has 0 N–H and O–H groups in total. The highest BCUT2D eigenvalue weighted by atomic mass is 16.3. The van der Waals surface area contributed by atoms with Gasteiger partial charge in [0.15, 0.2) is 0 Å². The van der Waals surface area contributed by atoms with Crippen LogP contribution in [0.3, 0.4) is 0 Å². The quantitative estimate of drug-likeness (QED) is 0.183. The van der Waals surface area contributed by atoms with Crippen molar-refractivity contribution in [3.8, 4) is 27.9 Å². The van der Waals surface area contributed by atoms with Crippen LogP contribution in [-0.4, -0.2) is 4.57 Å². The molecule has 0 aliphatic carbocycles. The minimum atomic E-state index is 0.835. The zero-order chi connectivity index (χ0) is 32.1. The second-order valence-electron chi connectivity index (χ2n) is 12.8.